The van der Waals surface area contributed by atoms with Crippen LogP contribution in [-0.4, -0.2) is 38.2 Å². The first kappa shape index (κ1) is 20.6. The topological polar surface area (TPSA) is 15.7 Å². The van der Waals surface area contributed by atoms with Crippen LogP contribution in [0.4, 0.5) is 11.4 Å². The Bertz CT molecular complexity index is 979. The molecule has 3 nitrogen and oxygen atoms in total. The number of rotatable bonds is 7. The number of para-hydroxylation sites is 2. The Morgan fingerprint density at radius 3 is 2.16 bits per heavy atom. The smallest absolute Gasteiger partial charge is 0.0716 e. The van der Waals surface area contributed by atoms with Gasteiger partial charge in [-0.3, -0.25) is 0 Å². The molecule has 0 N–H and O–H groups in total. The summed E-state index contributed by atoms with van der Waals surface area (Å²) in [4.78, 5) is 7.75. The molecule has 0 aromatic heterocycles. The maximum atomic E-state index is 6.13. The highest BCUT2D eigenvalue weighted by Crippen LogP contribution is 2.50. The van der Waals surface area contributed by atoms with Gasteiger partial charge in [0.05, 0.1) is 18.0 Å². The normalized spacial score (nSPS) is 20.5. The molecule has 160 valence electrons. The van der Waals surface area contributed by atoms with Crippen molar-refractivity contribution in [2.75, 3.05) is 38.2 Å². The van der Waals surface area contributed by atoms with Crippen molar-refractivity contribution in [3.05, 3.63) is 84.4 Å². The summed E-state index contributed by atoms with van der Waals surface area (Å²) in [7, 11) is 2.25. The fourth-order valence-electron chi connectivity index (χ4n) is 4.91. The van der Waals surface area contributed by atoms with Gasteiger partial charge in [-0.2, -0.15) is 0 Å². The first-order valence-electron chi connectivity index (χ1n) is 11.2. The molecule has 0 bridgehead atoms. The molecule has 0 spiro atoms. The Labute approximate surface area is 190 Å². The predicted octanol–water partition coefficient (Wildman–Crippen LogP) is 6.22. The second kappa shape index (κ2) is 9.07. The standard InChI is InChI=1S/C27H30N2OS/c1-28-17-15-27(20-28,16-18-30-19-22-9-3-2-4-10-22)21-29-23-11-5-7-13-25(23)31-26-14-8-6-12-24(26)29/h2-14H,15-21H2,1H3. The summed E-state index contributed by atoms with van der Waals surface area (Å²) in [6.07, 6.45) is 2.30. The molecular formula is C27H30N2OS. The van der Waals surface area contributed by atoms with E-state index in [2.05, 4.69) is 95.7 Å². The average Bonchev–Trinajstić information content (AvgIpc) is 3.18. The number of hydrogen-bond donors (Lipinski definition) is 0. The highest BCUT2D eigenvalue weighted by molar-refractivity contribution is 7.99. The zero-order valence-corrected chi connectivity index (χ0v) is 19.0. The quantitative estimate of drug-likeness (QED) is 0.413. The van der Waals surface area contributed by atoms with E-state index in [1.165, 1.54) is 33.2 Å². The van der Waals surface area contributed by atoms with Crippen molar-refractivity contribution in [3.63, 3.8) is 0 Å². The summed E-state index contributed by atoms with van der Waals surface area (Å²) in [5.74, 6) is 0. The van der Waals surface area contributed by atoms with E-state index in [1.54, 1.807) is 0 Å². The molecule has 1 fully saturated rings. The Morgan fingerprint density at radius 1 is 0.871 bits per heavy atom. The van der Waals surface area contributed by atoms with Crippen molar-refractivity contribution in [1.82, 2.24) is 4.90 Å². The van der Waals surface area contributed by atoms with Gasteiger partial charge >= 0.3 is 0 Å². The Morgan fingerprint density at radius 2 is 1.52 bits per heavy atom. The molecule has 0 aliphatic carbocycles. The minimum absolute atomic E-state index is 0.230. The van der Waals surface area contributed by atoms with Crippen molar-refractivity contribution in [2.24, 2.45) is 5.41 Å². The predicted molar refractivity (Wildman–Crippen MR) is 129 cm³/mol. The van der Waals surface area contributed by atoms with E-state index in [0.29, 0.717) is 6.61 Å². The Balaban J connectivity index is 1.35. The van der Waals surface area contributed by atoms with E-state index in [-0.39, 0.29) is 5.41 Å². The molecule has 1 saturated heterocycles. The van der Waals surface area contributed by atoms with Crippen LogP contribution in [0.5, 0.6) is 0 Å². The first-order valence-corrected chi connectivity index (χ1v) is 12.0. The number of benzene rings is 3. The van der Waals surface area contributed by atoms with Gasteiger partial charge in [0.25, 0.3) is 0 Å². The van der Waals surface area contributed by atoms with Crippen molar-refractivity contribution in [2.45, 2.75) is 29.2 Å². The van der Waals surface area contributed by atoms with Crippen LogP contribution >= 0.6 is 11.8 Å². The fourth-order valence-corrected chi connectivity index (χ4v) is 6.01. The Kier molecular flexibility index (Phi) is 6.04. The number of fused-ring (bicyclic) bond motifs is 2. The summed E-state index contributed by atoms with van der Waals surface area (Å²) >= 11 is 1.89. The lowest BCUT2D eigenvalue weighted by molar-refractivity contribution is 0.0869. The molecule has 5 rings (SSSR count). The second-order valence-electron chi connectivity index (χ2n) is 8.90. The van der Waals surface area contributed by atoms with Gasteiger partial charge in [0.1, 0.15) is 0 Å². The molecule has 31 heavy (non-hydrogen) atoms. The van der Waals surface area contributed by atoms with Gasteiger partial charge in [-0.05, 0) is 56.3 Å². The first-order chi connectivity index (χ1) is 15.2. The lowest BCUT2D eigenvalue weighted by atomic mass is 9.82. The number of likely N-dealkylation sites (tertiary alicyclic amines) is 1. The monoisotopic (exact) mass is 430 g/mol. The lowest BCUT2D eigenvalue weighted by Gasteiger charge is -2.40. The molecule has 2 aliphatic rings. The van der Waals surface area contributed by atoms with Crippen molar-refractivity contribution >= 4 is 23.1 Å². The van der Waals surface area contributed by atoms with Crippen LogP contribution in [0, 0.1) is 5.41 Å². The molecule has 0 saturated carbocycles. The summed E-state index contributed by atoms with van der Waals surface area (Å²) in [5.41, 5.74) is 4.15. The second-order valence-corrected chi connectivity index (χ2v) is 9.98. The number of hydrogen-bond acceptors (Lipinski definition) is 4. The minimum atomic E-state index is 0.230. The highest BCUT2D eigenvalue weighted by Gasteiger charge is 2.39. The van der Waals surface area contributed by atoms with Gasteiger partial charge < -0.3 is 14.5 Å². The van der Waals surface area contributed by atoms with Crippen molar-refractivity contribution in [3.8, 4) is 0 Å². The molecule has 0 radical (unpaired) electrons. The SMILES string of the molecule is CN1CCC(CCOCc2ccccc2)(CN2c3ccccc3Sc3ccccc32)C1. The average molecular weight is 431 g/mol. The molecule has 3 aromatic rings. The largest absolute Gasteiger partial charge is 0.377 e. The van der Waals surface area contributed by atoms with Crippen LogP contribution in [0.2, 0.25) is 0 Å². The van der Waals surface area contributed by atoms with E-state index in [1.807, 2.05) is 11.8 Å². The third kappa shape index (κ3) is 4.52. The third-order valence-electron chi connectivity index (χ3n) is 6.54. The Hall–Kier alpha value is -2.27. The fraction of sp³-hybridized carbons (Fsp3) is 0.333. The van der Waals surface area contributed by atoms with Crippen LogP contribution in [-0.2, 0) is 11.3 Å². The van der Waals surface area contributed by atoms with Gasteiger partial charge in [-0.15, -0.1) is 0 Å². The van der Waals surface area contributed by atoms with Crippen LogP contribution in [0.3, 0.4) is 0 Å². The van der Waals surface area contributed by atoms with Gasteiger partial charge in [-0.1, -0.05) is 66.4 Å². The third-order valence-corrected chi connectivity index (χ3v) is 7.67. The molecule has 3 aromatic carbocycles. The maximum Gasteiger partial charge on any atom is 0.0716 e. The van der Waals surface area contributed by atoms with Crippen LogP contribution < -0.4 is 4.90 Å². The van der Waals surface area contributed by atoms with Gasteiger partial charge in [-0.25, -0.2) is 0 Å². The summed E-state index contributed by atoms with van der Waals surface area (Å²) in [6.45, 7) is 4.80. The number of anilines is 2. The van der Waals surface area contributed by atoms with Crippen LogP contribution in [0.15, 0.2) is 88.7 Å². The zero-order chi connectivity index (χ0) is 21.1. The van der Waals surface area contributed by atoms with E-state index in [9.17, 15) is 0 Å². The van der Waals surface area contributed by atoms with Gasteiger partial charge in [0.2, 0.25) is 0 Å². The molecule has 4 heteroatoms. The summed E-state index contributed by atoms with van der Waals surface area (Å²) in [5, 5.41) is 0. The number of nitrogens with zero attached hydrogens (tertiary/aromatic N) is 2. The molecule has 1 unspecified atom stereocenters. The highest BCUT2D eigenvalue weighted by atomic mass is 32.2. The van der Waals surface area contributed by atoms with E-state index >= 15 is 0 Å². The molecule has 0 amide bonds. The number of ether oxygens (including phenoxy) is 1. The van der Waals surface area contributed by atoms with Gasteiger partial charge in [0, 0.05) is 34.9 Å². The molecular weight excluding hydrogens is 400 g/mol. The van der Waals surface area contributed by atoms with Gasteiger partial charge in [0.15, 0.2) is 0 Å². The minimum Gasteiger partial charge on any atom is -0.377 e. The lowest BCUT2D eigenvalue weighted by Crippen LogP contribution is -2.39. The van der Waals surface area contributed by atoms with Crippen molar-refractivity contribution < 1.29 is 4.74 Å². The van der Waals surface area contributed by atoms with Crippen LogP contribution in [0.25, 0.3) is 0 Å². The van der Waals surface area contributed by atoms with E-state index in [4.69, 9.17) is 4.74 Å². The van der Waals surface area contributed by atoms with E-state index in [0.717, 1.165) is 32.7 Å². The summed E-state index contributed by atoms with van der Waals surface area (Å²) < 4.78 is 6.13. The molecule has 2 aliphatic heterocycles. The zero-order valence-electron chi connectivity index (χ0n) is 18.2. The summed E-state index contributed by atoms with van der Waals surface area (Å²) in [6, 6.07) is 28.2. The molecule has 2 heterocycles. The molecule has 1 atom stereocenters. The van der Waals surface area contributed by atoms with E-state index < -0.39 is 0 Å². The van der Waals surface area contributed by atoms with Crippen LogP contribution in [0.1, 0.15) is 18.4 Å². The maximum absolute atomic E-state index is 6.13. The van der Waals surface area contributed by atoms with Crippen molar-refractivity contribution in [1.29, 1.82) is 0 Å².